The second-order valence-corrected chi connectivity index (χ2v) is 8.90. The topological polar surface area (TPSA) is 70.1 Å². The van der Waals surface area contributed by atoms with Crippen molar-refractivity contribution in [1.82, 2.24) is 4.90 Å². The molecule has 2 aromatic carbocycles. The Morgan fingerprint density at radius 1 is 1.14 bits per heavy atom. The summed E-state index contributed by atoms with van der Waals surface area (Å²) in [5.74, 6) is 0. The Labute approximate surface area is 171 Å². The summed E-state index contributed by atoms with van der Waals surface area (Å²) < 4.78 is 34.2. The number of aliphatic hydroxyl groups is 1. The number of aliphatic hydroxyl groups excluding tert-OH is 1. The minimum atomic E-state index is -3.85. The first-order valence-electron chi connectivity index (χ1n) is 9.62. The number of hydrogen-bond donors (Lipinski definition) is 1. The molecule has 2 aliphatic heterocycles. The summed E-state index contributed by atoms with van der Waals surface area (Å²) in [6, 6.07) is 14.1. The van der Waals surface area contributed by atoms with Crippen LogP contribution in [0.2, 0.25) is 0 Å². The van der Waals surface area contributed by atoms with Gasteiger partial charge in [0.1, 0.15) is 0 Å². The summed E-state index contributed by atoms with van der Waals surface area (Å²) in [5.41, 5.74) is 6.10. The largest absolute Gasteiger partial charge is 0.392 e. The molecular weight excluding hydrogens is 388 g/mol. The molecule has 1 fully saturated rings. The van der Waals surface area contributed by atoms with Gasteiger partial charge in [-0.15, -0.1) is 0 Å². The molecular formula is C22H24N2O4S. The van der Waals surface area contributed by atoms with Crippen molar-refractivity contribution in [2.45, 2.75) is 17.9 Å². The summed E-state index contributed by atoms with van der Waals surface area (Å²) >= 11 is 0. The van der Waals surface area contributed by atoms with Gasteiger partial charge in [-0.3, -0.25) is 4.90 Å². The van der Waals surface area contributed by atoms with E-state index in [0.717, 1.165) is 11.1 Å². The second kappa shape index (κ2) is 8.14. The lowest BCUT2D eigenvalue weighted by Crippen LogP contribution is -2.40. The number of aryl methyl sites for hydroxylation is 1. The van der Waals surface area contributed by atoms with Crippen molar-refractivity contribution in [3.63, 3.8) is 0 Å². The van der Waals surface area contributed by atoms with E-state index in [1.54, 1.807) is 24.3 Å². The predicted octanol–water partition coefficient (Wildman–Crippen LogP) is 2.61. The number of anilines is 1. The smallest absolute Gasteiger partial charge is 0.269 e. The molecule has 29 heavy (non-hydrogen) atoms. The molecule has 0 spiro atoms. The van der Waals surface area contributed by atoms with Crippen molar-refractivity contribution < 1.29 is 18.3 Å². The fourth-order valence-corrected chi connectivity index (χ4v) is 5.39. The first kappa shape index (κ1) is 19.9. The normalized spacial score (nSPS) is 19.7. The number of nitrogens with zero attached hydrogens (tertiary/aromatic N) is 2. The molecule has 0 aliphatic carbocycles. The van der Waals surface area contributed by atoms with Crippen LogP contribution in [0.1, 0.15) is 17.2 Å². The van der Waals surface area contributed by atoms with E-state index in [2.05, 4.69) is 10.6 Å². The van der Waals surface area contributed by atoms with Crippen LogP contribution in [0.25, 0.3) is 0 Å². The average Bonchev–Trinajstić information content (AvgIpc) is 3.08. The molecule has 1 N–H and O–H groups in total. The Bertz CT molecular complexity index is 1050. The van der Waals surface area contributed by atoms with E-state index in [4.69, 9.17) is 4.74 Å². The molecule has 2 aromatic rings. The van der Waals surface area contributed by atoms with E-state index in [-0.39, 0.29) is 17.5 Å². The van der Waals surface area contributed by atoms with E-state index < -0.39 is 10.0 Å². The third-order valence-electron chi connectivity index (χ3n) is 5.24. The SMILES string of the molecule is Cc1ccc(S(=O)(=O)N2C(=C=CCO)C(N3CCOCC3)c3ccccc32)cc1. The van der Waals surface area contributed by atoms with Crippen LogP contribution in [-0.4, -0.2) is 51.3 Å². The Kier molecular flexibility index (Phi) is 5.58. The predicted molar refractivity (Wildman–Crippen MR) is 111 cm³/mol. The first-order chi connectivity index (χ1) is 14.0. The number of fused-ring (bicyclic) bond motifs is 1. The maximum atomic E-state index is 13.7. The van der Waals surface area contributed by atoms with E-state index in [9.17, 15) is 13.5 Å². The Hall–Kier alpha value is -2.41. The molecule has 0 bridgehead atoms. The van der Waals surface area contributed by atoms with E-state index in [1.807, 2.05) is 31.2 Å². The van der Waals surface area contributed by atoms with E-state index in [1.165, 1.54) is 10.4 Å². The lowest BCUT2D eigenvalue weighted by molar-refractivity contribution is 0.0242. The van der Waals surface area contributed by atoms with Gasteiger partial charge in [0.25, 0.3) is 10.0 Å². The maximum Gasteiger partial charge on any atom is 0.269 e. The quantitative estimate of drug-likeness (QED) is 0.782. The maximum absolute atomic E-state index is 13.7. The van der Waals surface area contributed by atoms with Gasteiger partial charge in [-0.25, -0.2) is 12.7 Å². The van der Waals surface area contributed by atoms with Crippen LogP contribution in [-0.2, 0) is 14.8 Å². The zero-order valence-electron chi connectivity index (χ0n) is 16.3. The van der Waals surface area contributed by atoms with Crippen molar-refractivity contribution in [3.8, 4) is 0 Å². The van der Waals surface area contributed by atoms with Crippen LogP contribution >= 0.6 is 0 Å². The number of morpholine rings is 1. The van der Waals surface area contributed by atoms with Gasteiger partial charge < -0.3 is 9.84 Å². The van der Waals surface area contributed by atoms with E-state index in [0.29, 0.717) is 37.7 Å². The molecule has 7 heteroatoms. The number of ether oxygens (including phenoxy) is 1. The van der Waals surface area contributed by atoms with Gasteiger partial charge in [0.15, 0.2) is 0 Å². The van der Waals surface area contributed by atoms with Crippen molar-refractivity contribution in [3.05, 3.63) is 77.2 Å². The van der Waals surface area contributed by atoms with Crippen LogP contribution in [0.3, 0.4) is 0 Å². The van der Waals surface area contributed by atoms with Gasteiger partial charge in [-0.1, -0.05) is 41.6 Å². The summed E-state index contributed by atoms with van der Waals surface area (Å²) in [7, 11) is -3.85. The monoisotopic (exact) mass is 412 g/mol. The van der Waals surface area contributed by atoms with Crippen LogP contribution in [0.4, 0.5) is 5.69 Å². The van der Waals surface area contributed by atoms with Crippen LogP contribution in [0.15, 0.2) is 70.9 Å². The van der Waals surface area contributed by atoms with Crippen molar-refractivity contribution in [1.29, 1.82) is 0 Å². The Morgan fingerprint density at radius 3 is 2.52 bits per heavy atom. The molecule has 6 nitrogen and oxygen atoms in total. The molecule has 1 saturated heterocycles. The lowest BCUT2D eigenvalue weighted by atomic mass is 10.0. The van der Waals surface area contributed by atoms with Crippen molar-refractivity contribution in [2.75, 3.05) is 37.2 Å². The fourth-order valence-electron chi connectivity index (χ4n) is 3.86. The zero-order chi connectivity index (χ0) is 20.4. The summed E-state index contributed by atoms with van der Waals surface area (Å²) in [6.45, 7) is 4.30. The van der Waals surface area contributed by atoms with Crippen LogP contribution in [0.5, 0.6) is 0 Å². The lowest BCUT2D eigenvalue weighted by Gasteiger charge is -2.33. The minimum absolute atomic E-state index is 0.214. The number of rotatable bonds is 4. The van der Waals surface area contributed by atoms with Gasteiger partial charge in [0.2, 0.25) is 0 Å². The Morgan fingerprint density at radius 2 is 1.83 bits per heavy atom. The van der Waals surface area contributed by atoms with Gasteiger partial charge >= 0.3 is 0 Å². The molecule has 152 valence electrons. The standard InChI is InChI=1S/C22H24N2O4S/c1-17-8-10-18(11-9-17)29(26,27)24-20-6-3-2-5-19(20)22(21(24)7-4-14-25)23-12-15-28-16-13-23/h2-6,8-11,22,25H,12-16H2,1H3. The molecule has 2 heterocycles. The van der Waals surface area contributed by atoms with Crippen molar-refractivity contribution in [2.24, 2.45) is 0 Å². The molecule has 0 saturated carbocycles. The molecule has 0 aromatic heterocycles. The van der Waals surface area contributed by atoms with Crippen LogP contribution in [0, 0.1) is 6.92 Å². The third-order valence-corrected chi connectivity index (χ3v) is 6.98. The third kappa shape index (κ3) is 3.64. The average molecular weight is 413 g/mol. The van der Waals surface area contributed by atoms with Gasteiger partial charge in [-0.05, 0) is 31.2 Å². The zero-order valence-corrected chi connectivity index (χ0v) is 17.1. The first-order valence-corrected chi connectivity index (χ1v) is 11.1. The van der Waals surface area contributed by atoms with Gasteiger partial charge in [-0.2, -0.15) is 0 Å². The summed E-state index contributed by atoms with van der Waals surface area (Å²) in [4.78, 5) is 2.43. The molecule has 2 aliphatic rings. The number of benzene rings is 2. The molecule has 1 atom stereocenters. The number of hydrogen-bond acceptors (Lipinski definition) is 5. The van der Waals surface area contributed by atoms with E-state index >= 15 is 0 Å². The highest BCUT2D eigenvalue weighted by Gasteiger charge is 2.43. The number of sulfonamides is 1. The highest BCUT2D eigenvalue weighted by molar-refractivity contribution is 7.93. The molecule has 0 radical (unpaired) electrons. The Balaban J connectivity index is 1.90. The minimum Gasteiger partial charge on any atom is -0.392 e. The van der Waals surface area contributed by atoms with Crippen LogP contribution < -0.4 is 4.31 Å². The molecule has 0 amide bonds. The molecule has 4 rings (SSSR count). The number of para-hydroxylation sites is 1. The fraction of sp³-hybridized carbons (Fsp3) is 0.318. The summed E-state index contributed by atoms with van der Waals surface area (Å²) in [6.07, 6.45) is 1.46. The van der Waals surface area contributed by atoms with Crippen molar-refractivity contribution >= 4 is 15.7 Å². The second-order valence-electron chi connectivity index (χ2n) is 7.11. The summed E-state index contributed by atoms with van der Waals surface area (Å²) in [5, 5.41) is 9.34. The van der Waals surface area contributed by atoms with Gasteiger partial charge in [0.05, 0.1) is 42.1 Å². The molecule has 1 unspecified atom stereocenters. The highest BCUT2D eigenvalue weighted by Crippen LogP contribution is 2.47. The van der Waals surface area contributed by atoms with Gasteiger partial charge in [0, 0.05) is 18.7 Å². The highest BCUT2D eigenvalue weighted by atomic mass is 32.2.